The fourth-order valence-corrected chi connectivity index (χ4v) is 3.63. The van der Waals surface area contributed by atoms with Crippen LogP contribution in [0.4, 0.5) is 0 Å². The Hall–Kier alpha value is -2.16. The molecule has 32 heavy (non-hydrogen) atoms. The van der Waals surface area contributed by atoms with E-state index in [4.69, 9.17) is 27.9 Å². The number of pyridine rings is 1. The topological polar surface area (TPSA) is 58.9 Å². The molecule has 0 saturated heterocycles. The Morgan fingerprint density at radius 3 is 2.50 bits per heavy atom. The molecule has 4 aromatic rings. The summed E-state index contributed by atoms with van der Waals surface area (Å²) in [6.45, 7) is 3.57. The summed E-state index contributed by atoms with van der Waals surface area (Å²) < 4.78 is 8.24. The summed E-state index contributed by atoms with van der Waals surface area (Å²) in [5.74, 6) is 0.978. The molecule has 0 radical (unpaired) electrons. The zero-order chi connectivity index (χ0) is 21.8. The SMILES string of the molecule is CCCC[n+]1ccc(COc2ccc(Cl)cc2-c2nc3ccc(Cl)cc3c(=O)[nH]2)cc1.[I-]. The van der Waals surface area contributed by atoms with Crippen molar-refractivity contribution in [1.82, 2.24) is 9.97 Å². The van der Waals surface area contributed by atoms with Crippen molar-refractivity contribution in [2.24, 2.45) is 0 Å². The lowest BCUT2D eigenvalue weighted by molar-refractivity contribution is -0.697. The van der Waals surface area contributed by atoms with Gasteiger partial charge in [-0.05, 0) is 36.4 Å². The van der Waals surface area contributed by atoms with E-state index in [0.717, 1.165) is 24.9 Å². The van der Waals surface area contributed by atoms with Crippen molar-refractivity contribution in [1.29, 1.82) is 0 Å². The van der Waals surface area contributed by atoms with E-state index in [1.807, 2.05) is 12.1 Å². The first-order chi connectivity index (χ1) is 15.0. The molecule has 4 rings (SSSR count). The number of rotatable bonds is 7. The smallest absolute Gasteiger partial charge is 0.259 e. The van der Waals surface area contributed by atoms with Gasteiger partial charge in [-0.2, -0.15) is 0 Å². The Morgan fingerprint density at radius 2 is 1.75 bits per heavy atom. The van der Waals surface area contributed by atoms with Gasteiger partial charge in [0.1, 0.15) is 24.7 Å². The molecule has 8 heteroatoms. The lowest BCUT2D eigenvalue weighted by Crippen LogP contribution is -3.00. The second kappa shape index (κ2) is 11.1. The third-order valence-corrected chi connectivity index (χ3v) is 5.46. The van der Waals surface area contributed by atoms with E-state index in [1.54, 1.807) is 36.4 Å². The maximum Gasteiger partial charge on any atom is 0.259 e. The van der Waals surface area contributed by atoms with Gasteiger partial charge >= 0.3 is 0 Å². The number of aromatic amines is 1. The van der Waals surface area contributed by atoms with Crippen LogP contribution in [-0.2, 0) is 13.2 Å². The first-order valence-electron chi connectivity index (χ1n) is 10.1. The van der Waals surface area contributed by atoms with E-state index < -0.39 is 0 Å². The van der Waals surface area contributed by atoms with Crippen molar-refractivity contribution in [3.05, 3.63) is 86.9 Å². The van der Waals surface area contributed by atoms with Gasteiger partial charge in [-0.3, -0.25) is 4.79 Å². The van der Waals surface area contributed by atoms with Crippen LogP contribution in [-0.4, -0.2) is 9.97 Å². The fourth-order valence-electron chi connectivity index (χ4n) is 3.29. The summed E-state index contributed by atoms with van der Waals surface area (Å²) >= 11 is 12.2. The fraction of sp³-hybridized carbons (Fsp3) is 0.208. The van der Waals surface area contributed by atoms with Gasteiger partial charge in [-0.25, -0.2) is 9.55 Å². The first-order valence-corrected chi connectivity index (χ1v) is 10.9. The Bertz CT molecular complexity index is 1280. The molecule has 0 aliphatic heterocycles. The molecule has 2 heterocycles. The number of hydrogen-bond acceptors (Lipinski definition) is 3. The molecule has 0 unspecified atom stereocenters. The van der Waals surface area contributed by atoms with Crippen LogP contribution in [0, 0.1) is 0 Å². The lowest BCUT2D eigenvalue weighted by atomic mass is 10.1. The van der Waals surface area contributed by atoms with Gasteiger partial charge in [-0.15, -0.1) is 0 Å². The van der Waals surface area contributed by atoms with Gasteiger partial charge in [-0.1, -0.05) is 36.5 Å². The Kier molecular flexibility index (Phi) is 8.51. The zero-order valence-electron chi connectivity index (χ0n) is 17.4. The average molecular weight is 582 g/mol. The van der Waals surface area contributed by atoms with Crippen molar-refractivity contribution in [2.45, 2.75) is 32.9 Å². The molecule has 0 atom stereocenters. The number of unbranched alkanes of at least 4 members (excludes halogenated alkanes) is 1. The highest BCUT2D eigenvalue weighted by atomic mass is 127. The molecule has 2 aromatic heterocycles. The molecule has 1 N–H and O–H groups in total. The molecule has 0 amide bonds. The van der Waals surface area contributed by atoms with Crippen molar-refractivity contribution in [2.75, 3.05) is 0 Å². The number of fused-ring (bicyclic) bond motifs is 1. The van der Waals surface area contributed by atoms with E-state index in [1.165, 1.54) is 0 Å². The Balaban J connectivity index is 0.00000289. The quantitative estimate of drug-likeness (QED) is 0.270. The van der Waals surface area contributed by atoms with Crippen LogP contribution >= 0.6 is 23.2 Å². The molecule has 0 fully saturated rings. The Morgan fingerprint density at radius 1 is 1.03 bits per heavy atom. The van der Waals surface area contributed by atoms with E-state index in [9.17, 15) is 4.79 Å². The predicted octanol–water partition coefficient (Wildman–Crippen LogP) is 2.57. The maximum absolute atomic E-state index is 12.6. The summed E-state index contributed by atoms with van der Waals surface area (Å²) in [6, 6.07) is 14.4. The molecule has 0 spiro atoms. The summed E-state index contributed by atoms with van der Waals surface area (Å²) in [5.41, 5.74) is 1.94. The highest BCUT2D eigenvalue weighted by Gasteiger charge is 2.13. The van der Waals surface area contributed by atoms with E-state index >= 15 is 0 Å². The lowest BCUT2D eigenvalue weighted by Gasteiger charge is -2.12. The molecule has 0 aliphatic rings. The number of aromatic nitrogens is 3. The summed E-state index contributed by atoms with van der Waals surface area (Å²) in [5, 5.41) is 1.44. The second-order valence-corrected chi connectivity index (χ2v) is 8.18. The normalized spacial score (nSPS) is 10.7. The largest absolute Gasteiger partial charge is 1.00 e. The van der Waals surface area contributed by atoms with Gasteiger partial charge in [0.05, 0.1) is 16.5 Å². The minimum atomic E-state index is -0.270. The number of nitrogens with zero attached hydrogens (tertiary/aromatic N) is 2. The van der Waals surface area contributed by atoms with Crippen LogP contribution in [0.5, 0.6) is 5.75 Å². The van der Waals surface area contributed by atoms with Crippen molar-refractivity contribution >= 4 is 34.1 Å². The number of H-pyrrole nitrogens is 1. The molecule has 0 bridgehead atoms. The number of ether oxygens (including phenoxy) is 1. The molecule has 0 saturated carbocycles. The Labute approximate surface area is 213 Å². The average Bonchev–Trinajstić information content (AvgIpc) is 2.78. The van der Waals surface area contributed by atoms with Crippen LogP contribution in [0.25, 0.3) is 22.3 Å². The second-order valence-electron chi connectivity index (χ2n) is 7.30. The first kappa shape index (κ1) is 24.5. The molecule has 166 valence electrons. The van der Waals surface area contributed by atoms with Crippen LogP contribution in [0.3, 0.4) is 0 Å². The molecule has 2 aromatic carbocycles. The van der Waals surface area contributed by atoms with Gasteiger partial charge in [0, 0.05) is 34.2 Å². The van der Waals surface area contributed by atoms with Crippen LogP contribution in [0.1, 0.15) is 25.3 Å². The number of benzene rings is 2. The van der Waals surface area contributed by atoms with E-state index in [0.29, 0.717) is 44.7 Å². The van der Waals surface area contributed by atoms with Gasteiger partial charge < -0.3 is 33.7 Å². The van der Waals surface area contributed by atoms with Gasteiger partial charge in [0.25, 0.3) is 5.56 Å². The molecule has 0 aliphatic carbocycles. The number of nitrogens with one attached hydrogen (secondary N) is 1. The highest BCUT2D eigenvalue weighted by Crippen LogP contribution is 2.31. The standard InChI is InChI=1S/C24H21Cl2N3O2.HI/c1-2-3-10-29-11-8-16(9-12-29)15-31-22-7-5-18(26)14-20(22)23-27-21-6-4-17(25)13-19(21)24(30)28-23;/h4-9,11-14H,2-3,10,15H2,1H3;1H. The van der Waals surface area contributed by atoms with Crippen molar-refractivity contribution in [3.8, 4) is 17.1 Å². The van der Waals surface area contributed by atoms with E-state index in [-0.39, 0.29) is 29.5 Å². The van der Waals surface area contributed by atoms with Crippen LogP contribution in [0.2, 0.25) is 10.0 Å². The summed E-state index contributed by atoms with van der Waals surface area (Å²) in [4.78, 5) is 20.0. The molecular weight excluding hydrogens is 560 g/mol. The number of halogens is 3. The van der Waals surface area contributed by atoms with Crippen LogP contribution in [0.15, 0.2) is 65.7 Å². The van der Waals surface area contributed by atoms with Crippen molar-refractivity contribution < 1.29 is 33.3 Å². The molecule has 5 nitrogen and oxygen atoms in total. The summed E-state index contributed by atoms with van der Waals surface area (Å²) in [7, 11) is 0. The third-order valence-electron chi connectivity index (χ3n) is 4.99. The molecular formula is C24H22Cl2IN3O2. The third kappa shape index (κ3) is 5.79. The highest BCUT2D eigenvalue weighted by molar-refractivity contribution is 6.31. The zero-order valence-corrected chi connectivity index (χ0v) is 21.1. The van der Waals surface area contributed by atoms with Gasteiger partial charge in [0.15, 0.2) is 12.4 Å². The maximum atomic E-state index is 12.6. The number of hydrogen-bond donors (Lipinski definition) is 1. The van der Waals surface area contributed by atoms with Crippen molar-refractivity contribution in [3.63, 3.8) is 0 Å². The summed E-state index contributed by atoms with van der Waals surface area (Å²) in [6.07, 6.45) is 6.43. The number of aryl methyl sites for hydroxylation is 1. The van der Waals surface area contributed by atoms with E-state index in [2.05, 4.69) is 33.9 Å². The minimum Gasteiger partial charge on any atom is -1.00 e. The van der Waals surface area contributed by atoms with Gasteiger partial charge in [0.2, 0.25) is 0 Å². The minimum absolute atomic E-state index is 0. The van der Waals surface area contributed by atoms with Crippen LogP contribution < -0.4 is 38.8 Å². The monoisotopic (exact) mass is 581 g/mol. The predicted molar refractivity (Wildman–Crippen MR) is 124 cm³/mol.